The molecule has 110 valence electrons. The Morgan fingerprint density at radius 3 is 2.32 bits per heavy atom. The first kappa shape index (κ1) is 20.7. The van der Waals surface area contributed by atoms with Crippen molar-refractivity contribution in [2.24, 2.45) is 0 Å². The van der Waals surface area contributed by atoms with E-state index in [4.69, 9.17) is 0 Å². The predicted molar refractivity (Wildman–Crippen MR) is 92.7 cm³/mol. The second-order valence-corrected chi connectivity index (χ2v) is 5.87. The van der Waals surface area contributed by atoms with E-state index in [2.05, 4.69) is 32.3 Å². The van der Waals surface area contributed by atoms with Gasteiger partial charge < -0.3 is 5.32 Å². The van der Waals surface area contributed by atoms with Crippen LogP contribution in [0.2, 0.25) is 0 Å². The van der Waals surface area contributed by atoms with Crippen molar-refractivity contribution in [1.82, 2.24) is 5.32 Å². The van der Waals surface area contributed by atoms with Gasteiger partial charge in [-0.25, -0.2) is 0 Å². The zero-order valence-corrected chi connectivity index (χ0v) is 14.3. The molecule has 0 aromatic heterocycles. The summed E-state index contributed by atoms with van der Waals surface area (Å²) in [4.78, 5) is 13.5. The van der Waals surface area contributed by atoms with E-state index in [1.165, 1.54) is 15.9 Å². The molecule has 1 amide bonds. The Bertz CT molecular complexity index is 299. The molecule has 0 fully saturated rings. The van der Waals surface area contributed by atoms with Crippen LogP contribution in [0.25, 0.3) is 0 Å². The molecule has 19 heavy (non-hydrogen) atoms. The van der Waals surface area contributed by atoms with Crippen molar-refractivity contribution in [3.63, 3.8) is 0 Å². The highest BCUT2D eigenvalue weighted by atomic mass is 32.2. The van der Waals surface area contributed by atoms with Crippen LogP contribution < -0.4 is 5.32 Å². The molecular weight excluding hydrogens is 274 g/mol. The number of nitrogens with one attached hydrogen (secondary N) is 1. The van der Waals surface area contributed by atoms with E-state index in [-0.39, 0.29) is 5.91 Å². The fourth-order valence-corrected chi connectivity index (χ4v) is 2.97. The Morgan fingerprint density at radius 2 is 1.84 bits per heavy atom. The van der Waals surface area contributed by atoms with E-state index >= 15 is 0 Å². The minimum atomic E-state index is -0.104. The molecule has 0 aromatic rings. The molecule has 0 bridgehead atoms. The van der Waals surface area contributed by atoms with Gasteiger partial charge in [-0.2, -0.15) is 0 Å². The number of amides is 1. The van der Waals surface area contributed by atoms with Crippen LogP contribution in [0.4, 0.5) is 0 Å². The Balaban J connectivity index is 0. The summed E-state index contributed by atoms with van der Waals surface area (Å²) in [6.07, 6.45) is 4.15. The average molecular weight is 302 g/mol. The van der Waals surface area contributed by atoms with Gasteiger partial charge in [-0.3, -0.25) is 4.79 Å². The van der Waals surface area contributed by atoms with Crippen molar-refractivity contribution >= 4 is 29.4 Å². The van der Waals surface area contributed by atoms with Crippen LogP contribution in [-0.2, 0) is 4.79 Å². The maximum absolute atomic E-state index is 10.9. The van der Waals surface area contributed by atoms with Crippen molar-refractivity contribution in [3.05, 3.63) is 35.1 Å². The van der Waals surface area contributed by atoms with Crippen LogP contribution in [0, 0.1) is 0 Å². The minimum absolute atomic E-state index is 0.104. The average Bonchev–Trinajstić information content (AvgIpc) is 2.44. The van der Waals surface area contributed by atoms with Crippen LogP contribution in [0.15, 0.2) is 35.1 Å². The Hall–Kier alpha value is -0.610. The van der Waals surface area contributed by atoms with Gasteiger partial charge in [0.25, 0.3) is 0 Å². The summed E-state index contributed by atoms with van der Waals surface area (Å²) in [6.45, 7) is 16.2. The second kappa shape index (κ2) is 15.4. The standard InChI is InChI=1S/C13H21NOS2.C2H6/c1-5-12(11(4)16-7-3)17-10-8-9-14-13(15)6-2;1-2/h5-6H,1-2,7-10H2,3-4H3,(H,14,15);1-2H3/b12-11+;. The normalized spacial score (nSPS) is 10.7. The van der Waals surface area contributed by atoms with Gasteiger partial charge in [-0.1, -0.05) is 40.0 Å². The van der Waals surface area contributed by atoms with E-state index in [0.717, 1.165) is 17.9 Å². The molecule has 4 heteroatoms. The lowest BCUT2D eigenvalue weighted by Crippen LogP contribution is -2.22. The minimum Gasteiger partial charge on any atom is -0.353 e. The largest absolute Gasteiger partial charge is 0.353 e. The highest BCUT2D eigenvalue weighted by Crippen LogP contribution is 2.28. The molecule has 1 N–H and O–H groups in total. The molecule has 0 saturated carbocycles. The summed E-state index contributed by atoms with van der Waals surface area (Å²) in [5.74, 6) is 1.96. The summed E-state index contributed by atoms with van der Waals surface area (Å²) in [6, 6.07) is 0. The van der Waals surface area contributed by atoms with E-state index in [9.17, 15) is 4.79 Å². The number of hydrogen-bond donors (Lipinski definition) is 1. The molecule has 0 aliphatic heterocycles. The SMILES string of the molecule is C=CC(=O)NCCCS/C(C=C)=C(\C)SCC.CC. The number of carbonyl (C=O) groups excluding carboxylic acids is 1. The third-order valence-corrected chi connectivity index (χ3v) is 4.30. The monoisotopic (exact) mass is 301 g/mol. The first-order valence-corrected chi connectivity index (χ1v) is 8.62. The van der Waals surface area contributed by atoms with Gasteiger partial charge in [0.05, 0.1) is 0 Å². The zero-order chi connectivity index (χ0) is 15.1. The molecule has 0 heterocycles. The third-order valence-electron chi connectivity index (χ3n) is 1.96. The molecule has 0 rings (SSSR count). The second-order valence-electron chi connectivity index (χ2n) is 3.25. The topological polar surface area (TPSA) is 29.1 Å². The maximum atomic E-state index is 10.9. The number of thioether (sulfide) groups is 2. The molecule has 0 radical (unpaired) electrons. The first-order chi connectivity index (χ1) is 9.15. The summed E-state index contributed by atoms with van der Waals surface area (Å²) in [5.41, 5.74) is 0. The lowest BCUT2D eigenvalue weighted by Gasteiger charge is -2.07. The molecule has 0 saturated heterocycles. The van der Waals surface area contributed by atoms with Crippen LogP contribution in [-0.4, -0.2) is 24.0 Å². The Morgan fingerprint density at radius 1 is 1.21 bits per heavy atom. The van der Waals surface area contributed by atoms with Crippen molar-refractivity contribution in [2.45, 2.75) is 34.1 Å². The third kappa shape index (κ3) is 12.2. The Kier molecular flexibility index (Phi) is 16.8. The summed E-state index contributed by atoms with van der Waals surface area (Å²) < 4.78 is 0. The number of carbonyl (C=O) groups is 1. The maximum Gasteiger partial charge on any atom is 0.243 e. The summed E-state index contributed by atoms with van der Waals surface area (Å²) >= 11 is 3.63. The zero-order valence-electron chi connectivity index (χ0n) is 12.6. The fraction of sp³-hybridized carbons (Fsp3) is 0.533. The Labute approximate surface area is 127 Å². The predicted octanol–water partition coefficient (Wildman–Crippen LogP) is 4.61. The van der Waals surface area contributed by atoms with E-state index in [1.54, 1.807) is 11.8 Å². The van der Waals surface area contributed by atoms with Gasteiger partial charge in [0, 0.05) is 11.4 Å². The number of allylic oxidation sites excluding steroid dienone is 2. The molecule has 0 unspecified atom stereocenters. The lowest BCUT2D eigenvalue weighted by atomic mass is 10.4. The number of rotatable bonds is 9. The van der Waals surface area contributed by atoms with Gasteiger partial charge in [0.15, 0.2) is 0 Å². The van der Waals surface area contributed by atoms with E-state index < -0.39 is 0 Å². The fourth-order valence-electron chi connectivity index (χ4n) is 1.13. The molecule has 0 aliphatic carbocycles. The lowest BCUT2D eigenvalue weighted by molar-refractivity contribution is -0.116. The van der Waals surface area contributed by atoms with Crippen molar-refractivity contribution in [3.8, 4) is 0 Å². The van der Waals surface area contributed by atoms with Gasteiger partial charge in [-0.05, 0) is 35.8 Å². The molecule has 2 nitrogen and oxygen atoms in total. The van der Waals surface area contributed by atoms with Crippen LogP contribution in [0.5, 0.6) is 0 Å². The van der Waals surface area contributed by atoms with Crippen molar-refractivity contribution in [2.75, 3.05) is 18.1 Å². The van der Waals surface area contributed by atoms with Crippen molar-refractivity contribution < 1.29 is 4.79 Å². The molecule has 0 spiro atoms. The van der Waals surface area contributed by atoms with Gasteiger partial charge >= 0.3 is 0 Å². The van der Waals surface area contributed by atoms with Gasteiger partial charge in [0.1, 0.15) is 0 Å². The number of hydrogen-bond acceptors (Lipinski definition) is 3. The van der Waals surface area contributed by atoms with E-state index in [0.29, 0.717) is 6.54 Å². The quantitative estimate of drug-likeness (QED) is 0.383. The van der Waals surface area contributed by atoms with Gasteiger partial charge in [0.2, 0.25) is 5.91 Å². The summed E-state index contributed by atoms with van der Waals surface area (Å²) in [7, 11) is 0. The van der Waals surface area contributed by atoms with E-state index in [1.807, 2.05) is 31.7 Å². The smallest absolute Gasteiger partial charge is 0.243 e. The first-order valence-electron chi connectivity index (χ1n) is 6.64. The highest BCUT2D eigenvalue weighted by Gasteiger charge is 2.00. The highest BCUT2D eigenvalue weighted by molar-refractivity contribution is 8.06. The molecule has 0 aromatic carbocycles. The van der Waals surface area contributed by atoms with Crippen LogP contribution in [0.3, 0.4) is 0 Å². The van der Waals surface area contributed by atoms with Crippen LogP contribution in [0.1, 0.15) is 34.1 Å². The molecular formula is C15H27NOS2. The van der Waals surface area contributed by atoms with Crippen LogP contribution >= 0.6 is 23.5 Å². The van der Waals surface area contributed by atoms with Crippen molar-refractivity contribution in [1.29, 1.82) is 0 Å². The van der Waals surface area contributed by atoms with Gasteiger partial charge in [-0.15, -0.1) is 23.5 Å². The molecule has 0 atom stereocenters. The molecule has 0 aliphatic rings. The summed E-state index contributed by atoms with van der Waals surface area (Å²) in [5, 5.41) is 2.76.